The first-order valence-electron chi connectivity index (χ1n) is 6.69. The zero-order valence-corrected chi connectivity index (χ0v) is 12.1. The fraction of sp³-hybridized carbons (Fsp3) is 0.692. The fourth-order valence-corrected chi connectivity index (χ4v) is 2.67. The van der Waals surface area contributed by atoms with Gasteiger partial charge in [0.1, 0.15) is 0 Å². The van der Waals surface area contributed by atoms with Gasteiger partial charge < -0.3 is 11.1 Å². The molecule has 1 fully saturated rings. The third-order valence-electron chi connectivity index (χ3n) is 3.66. The van der Waals surface area contributed by atoms with Gasteiger partial charge in [-0.3, -0.25) is 9.89 Å². The monoisotopic (exact) mass is 286 g/mol. The van der Waals surface area contributed by atoms with E-state index in [2.05, 4.69) is 15.5 Å². The number of halogens is 1. The molecule has 19 heavy (non-hydrogen) atoms. The maximum atomic E-state index is 11.9. The molecular formula is C13H23ClN4O. The number of hydrogen-bond donors (Lipinski definition) is 3. The summed E-state index contributed by atoms with van der Waals surface area (Å²) in [5, 5.41) is 10.0. The molecule has 1 heterocycles. The molecule has 108 valence electrons. The van der Waals surface area contributed by atoms with Gasteiger partial charge in [0.05, 0.1) is 12.1 Å². The molecule has 0 spiro atoms. The predicted octanol–water partition coefficient (Wildman–Crippen LogP) is 1.32. The number of carbonyl (C=O) groups excluding carboxylic acids is 1. The molecule has 0 saturated heterocycles. The lowest BCUT2D eigenvalue weighted by Crippen LogP contribution is -2.45. The van der Waals surface area contributed by atoms with Gasteiger partial charge in [-0.25, -0.2) is 0 Å². The van der Waals surface area contributed by atoms with Crippen LogP contribution >= 0.6 is 12.4 Å². The van der Waals surface area contributed by atoms with Crippen molar-refractivity contribution in [2.45, 2.75) is 45.1 Å². The van der Waals surface area contributed by atoms with Crippen LogP contribution in [0.3, 0.4) is 0 Å². The van der Waals surface area contributed by atoms with Gasteiger partial charge in [-0.05, 0) is 38.3 Å². The second-order valence-corrected chi connectivity index (χ2v) is 5.17. The minimum atomic E-state index is 0. The largest absolute Gasteiger partial charge is 0.353 e. The Kier molecular flexibility index (Phi) is 6.31. The zero-order valence-electron chi connectivity index (χ0n) is 11.3. The van der Waals surface area contributed by atoms with Crippen LogP contribution in [0.5, 0.6) is 0 Å². The Hall–Kier alpha value is -1.07. The molecule has 1 amide bonds. The lowest BCUT2D eigenvalue weighted by atomic mass is 9.84. The zero-order chi connectivity index (χ0) is 13.0. The Morgan fingerprint density at radius 1 is 1.53 bits per heavy atom. The number of aryl methyl sites for hydroxylation is 1. The Labute approximate surface area is 120 Å². The lowest BCUT2D eigenvalue weighted by Gasteiger charge is -2.31. The van der Waals surface area contributed by atoms with Crippen molar-refractivity contribution in [2.24, 2.45) is 11.7 Å². The molecule has 1 saturated carbocycles. The van der Waals surface area contributed by atoms with Crippen LogP contribution in [-0.4, -0.2) is 28.7 Å². The van der Waals surface area contributed by atoms with E-state index < -0.39 is 0 Å². The first-order chi connectivity index (χ1) is 8.69. The molecule has 0 bridgehead atoms. The summed E-state index contributed by atoms with van der Waals surface area (Å²) in [5.41, 5.74) is 7.53. The maximum absolute atomic E-state index is 11.9. The van der Waals surface area contributed by atoms with Crippen molar-refractivity contribution >= 4 is 18.3 Å². The van der Waals surface area contributed by atoms with Gasteiger partial charge >= 0.3 is 0 Å². The van der Waals surface area contributed by atoms with E-state index in [9.17, 15) is 4.79 Å². The third kappa shape index (κ3) is 4.51. The quantitative estimate of drug-likeness (QED) is 0.780. The first-order valence-corrected chi connectivity index (χ1v) is 6.69. The standard InChI is InChI=1S/C13H22N4O.ClH/c1-9-6-11(17-16-9)7-13(18)15-12-5-3-2-4-10(12)8-14;/h6,10,12H,2-5,7-8,14H2,1H3,(H,15,18)(H,16,17);1H. The number of aromatic amines is 1. The molecule has 1 aliphatic carbocycles. The van der Waals surface area contributed by atoms with Crippen LogP contribution in [0.15, 0.2) is 6.07 Å². The summed E-state index contributed by atoms with van der Waals surface area (Å²) >= 11 is 0. The van der Waals surface area contributed by atoms with Crippen molar-refractivity contribution in [2.75, 3.05) is 6.54 Å². The lowest BCUT2D eigenvalue weighted by molar-refractivity contribution is -0.121. The SMILES string of the molecule is Cc1cc(CC(=O)NC2CCCCC2CN)n[nH]1.Cl. The highest BCUT2D eigenvalue weighted by Gasteiger charge is 2.25. The number of aromatic nitrogens is 2. The Balaban J connectivity index is 0.00000180. The van der Waals surface area contributed by atoms with E-state index in [0.717, 1.165) is 24.2 Å². The van der Waals surface area contributed by atoms with Crippen LogP contribution in [0.25, 0.3) is 0 Å². The van der Waals surface area contributed by atoms with Crippen LogP contribution in [0.1, 0.15) is 37.1 Å². The Morgan fingerprint density at radius 2 is 2.26 bits per heavy atom. The number of hydrogen-bond acceptors (Lipinski definition) is 3. The van der Waals surface area contributed by atoms with E-state index in [1.807, 2.05) is 13.0 Å². The topological polar surface area (TPSA) is 83.8 Å². The number of H-pyrrole nitrogens is 1. The molecule has 2 atom stereocenters. The summed E-state index contributed by atoms with van der Waals surface area (Å²) in [4.78, 5) is 11.9. The van der Waals surface area contributed by atoms with Crippen LogP contribution in [0.2, 0.25) is 0 Å². The molecular weight excluding hydrogens is 264 g/mol. The van der Waals surface area contributed by atoms with Gasteiger partial charge in [-0.15, -0.1) is 12.4 Å². The van der Waals surface area contributed by atoms with Crippen LogP contribution in [0, 0.1) is 12.8 Å². The molecule has 6 heteroatoms. The number of nitrogens with zero attached hydrogens (tertiary/aromatic N) is 1. The second-order valence-electron chi connectivity index (χ2n) is 5.17. The molecule has 0 radical (unpaired) electrons. The molecule has 1 aliphatic rings. The Bertz CT molecular complexity index is 407. The molecule has 1 aromatic rings. The summed E-state index contributed by atoms with van der Waals surface area (Å²) in [7, 11) is 0. The summed E-state index contributed by atoms with van der Waals surface area (Å²) in [6.07, 6.45) is 4.93. The highest BCUT2D eigenvalue weighted by molar-refractivity contribution is 5.85. The highest BCUT2D eigenvalue weighted by atomic mass is 35.5. The average Bonchev–Trinajstić information content (AvgIpc) is 2.75. The van der Waals surface area contributed by atoms with Crippen LogP contribution in [-0.2, 0) is 11.2 Å². The van der Waals surface area contributed by atoms with E-state index in [1.165, 1.54) is 12.8 Å². The van der Waals surface area contributed by atoms with E-state index in [1.54, 1.807) is 0 Å². The van der Waals surface area contributed by atoms with E-state index >= 15 is 0 Å². The van der Waals surface area contributed by atoms with Gasteiger partial charge in [0.2, 0.25) is 5.91 Å². The van der Waals surface area contributed by atoms with Crippen molar-refractivity contribution < 1.29 is 4.79 Å². The van der Waals surface area contributed by atoms with Gasteiger partial charge in [-0.2, -0.15) is 5.10 Å². The number of nitrogens with one attached hydrogen (secondary N) is 2. The Morgan fingerprint density at radius 3 is 2.89 bits per heavy atom. The molecule has 0 aromatic carbocycles. The molecule has 2 rings (SSSR count). The highest BCUT2D eigenvalue weighted by Crippen LogP contribution is 2.23. The summed E-state index contributed by atoms with van der Waals surface area (Å²) < 4.78 is 0. The van der Waals surface area contributed by atoms with Crippen molar-refractivity contribution in [3.63, 3.8) is 0 Å². The van der Waals surface area contributed by atoms with Gasteiger partial charge in [0.15, 0.2) is 0 Å². The number of nitrogens with two attached hydrogens (primary N) is 1. The maximum Gasteiger partial charge on any atom is 0.226 e. The molecule has 5 nitrogen and oxygen atoms in total. The van der Waals surface area contributed by atoms with Crippen molar-refractivity contribution in [3.05, 3.63) is 17.5 Å². The summed E-state index contributed by atoms with van der Waals surface area (Å²) in [5.74, 6) is 0.482. The summed E-state index contributed by atoms with van der Waals surface area (Å²) in [6.45, 7) is 2.59. The third-order valence-corrected chi connectivity index (χ3v) is 3.66. The van der Waals surface area contributed by atoms with E-state index in [0.29, 0.717) is 18.9 Å². The number of amides is 1. The van der Waals surface area contributed by atoms with Gasteiger partial charge in [-0.1, -0.05) is 12.8 Å². The van der Waals surface area contributed by atoms with Gasteiger partial charge in [0.25, 0.3) is 0 Å². The molecule has 0 aliphatic heterocycles. The minimum Gasteiger partial charge on any atom is -0.353 e. The van der Waals surface area contributed by atoms with Crippen molar-refractivity contribution in [3.8, 4) is 0 Å². The summed E-state index contributed by atoms with van der Waals surface area (Å²) in [6, 6.07) is 2.15. The van der Waals surface area contributed by atoms with Crippen molar-refractivity contribution in [1.29, 1.82) is 0 Å². The number of carbonyl (C=O) groups is 1. The molecule has 2 unspecified atom stereocenters. The average molecular weight is 287 g/mol. The van der Waals surface area contributed by atoms with E-state index in [-0.39, 0.29) is 24.4 Å². The minimum absolute atomic E-state index is 0. The van der Waals surface area contributed by atoms with Crippen molar-refractivity contribution in [1.82, 2.24) is 15.5 Å². The number of rotatable bonds is 4. The molecule has 1 aromatic heterocycles. The molecule has 4 N–H and O–H groups in total. The van der Waals surface area contributed by atoms with Crippen LogP contribution in [0.4, 0.5) is 0 Å². The van der Waals surface area contributed by atoms with Crippen LogP contribution < -0.4 is 11.1 Å². The van der Waals surface area contributed by atoms with E-state index in [4.69, 9.17) is 5.73 Å². The normalized spacial score (nSPS) is 22.6. The first kappa shape index (κ1) is 16.0. The fourth-order valence-electron chi connectivity index (χ4n) is 2.67. The smallest absolute Gasteiger partial charge is 0.226 e. The van der Waals surface area contributed by atoms with Gasteiger partial charge in [0, 0.05) is 11.7 Å². The second kappa shape index (κ2) is 7.50. The predicted molar refractivity (Wildman–Crippen MR) is 77.2 cm³/mol.